The third-order valence-electron chi connectivity index (χ3n) is 3.66. The van der Waals surface area contributed by atoms with Crippen molar-refractivity contribution in [2.45, 2.75) is 6.92 Å². The molecule has 1 aliphatic rings. The predicted molar refractivity (Wildman–Crippen MR) is 87.1 cm³/mol. The fraction of sp³-hybridized carbons (Fsp3) is 0.333. The Morgan fingerprint density at radius 2 is 1.91 bits per heavy atom. The Morgan fingerprint density at radius 3 is 2.59 bits per heavy atom. The van der Waals surface area contributed by atoms with Crippen LogP contribution < -0.4 is 5.32 Å². The van der Waals surface area contributed by atoms with Crippen LogP contribution in [0.1, 0.15) is 16.2 Å². The molecule has 1 fully saturated rings. The van der Waals surface area contributed by atoms with Crippen molar-refractivity contribution in [2.24, 2.45) is 0 Å². The maximum absolute atomic E-state index is 12.5. The Labute approximate surface area is 138 Å². The number of carbonyl (C=O) groups excluding carboxylic acids is 1. The molecule has 1 N–H and O–H groups in total. The fourth-order valence-corrected chi connectivity index (χ4v) is 2.78. The number of halogens is 2. The van der Waals surface area contributed by atoms with Crippen molar-refractivity contribution in [1.29, 1.82) is 0 Å². The number of aryl methyl sites for hydroxylation is 1. The van der Waals surface area contributed by atoms with Gasteiger partial charge in [-0.15, -0.1) is 0 Å². The molecule has 2 heterocycles. The Kier molecular flexibility index (Phi) is 4.38. The summed E-state index contributed by atoms with van der Waals surface area (Å²) in [4.78, 5) is 14.3. The third-order valence-corrected chi connectivity index (χ3v) is 4.40. The highest BCUT2D eigenvalue weighted by atomic mass is 35.5. The summed E-state index contributed by atoms with van der Waals surface area (Å²) in [6.45, 7) is 4.95. The monoisotopic (exact) mass is 338 g/mol. The molecule has 0 aliphatic carbocycles. The minimum Gasteiger partial charge on any atom is -0.335 e. The number of piperazine rings is 1. The number of hydrogen-bond donors (Lipinski definition) is 1. The van der Waals surface area contributed by atoms with E-state index in [1.54, 1.807) is 22.9 Å². The number of carbonyl (C=O) groups is 1. The summed E-state index contributed by atoms with van der Waals surface area (Å²) in [6, 6.07) is 7.08. The first-order chi connectivity index (χ1) is 10.6. The van der Waals surface area contributed by atoms with E-state index in [0.29, 0.717) is 28.8 Å². The van der Waals surface area contributed by atoms with Crippen LogP contribution in [-0.2, 0) is 0 Å². The molecule has 0 bridgehead atoms. The zero-order valence-electron chi connectivity index (χ0n) is 12.1. The summed E-state index contributed by atoms with van der Waals surface area (Å²) in [5.74, 6) is -0.0385. The van der Waals surface area contributed by atoms with Crippen molar-refractivity contribution in [3.8, 4) is 5.69 Å². The first-order valence-electron chi connectivity index (χ1n) is 7.08. The zero-order valence-corrected chi connectivity index (χ0v) is 13.7. The van der Waals surface area contributed by atoms with Gasteiger partial charge in [-0.2, -0.15) is 5.10 Å². The van der Waals surface area contributed by atoms with Crippen LogP contribution in [0, 0.1) is 6.92 Å². The van der Waals surface area contributed by atoms with E-state index in [-0.39, 0.29) is 5.91 Å². The highest BCUT2D eigenvalue weighted by Gasteiger charge is 2.21. The quantitative estimate of drug-likeness (QED) is 0.915. The van der Waals surface area contributed by atoms with Gasteiger partial charge in [0.15, 0.2) is 5.69 Å². The Bertz CT molecular complexity index is 708. The first kappa shape index (κ1) is 15.3. The third kappa shape index (κ3) is 2.97. The van der Waals surface area contributed by atoms with E-state index in [1.165, 1.54) is 0 Å². The topological polar surface area (TPSA) is 50.2 Å². The van der Waals surface area contributed by atoms with Crippen LogP contribution >= 0.6 is 23.2 Å². The van der Waals surface area contributed by atoms with Crippen molar-refractivity contribution < 1.29 is 4.79 Å². The zero-order chi connectivity index (χ0) is 15.7. The van der Waals surface area contributed by atoms with Crippen LogP contribution in [0.5, 0.6) is 0 Å². The molecule has 0 atom stereocenters. The lowest BCUT2D eigenvalue weighted by Gasteiger charge is -2.26. The summed E-state index contributed by atoms with van der Waals surface area (Å²) >= 11 is 12.0. The molecular formula is C15H16Cl2N4O. The van der Waals surface area contributed by atoms with Gasteiger partial charge >= 0.3 is 0 Å². The van der Waals surface area contributed by atoms with Gasteiger partial charge in [0.2, 0.25) is 0 Å². The second-order valence-corrected chi connectivity index (χ2v) is 6.04. The van der Waals surface area contributed by atoms with E-state index < -0.39 is 0 Å². The smallest absolute Gasteiger partial charge is 0.274 e. The fourth-order valence-electron chi connectivity index (χ4n) is 2.49. The molecule has 0 unspecified atom stereocenters. The van der Waals surface area contributed by atoms with E-state index in [2.05, 4.69) is 10.4 Å². The number of nitrogens with zero attached hydrogens (tertiary/aromatic N) is 3. The van der Waals surface area contributed by atoms with E-state index in [9.17, 15) is 4.79 Å². The molecular weight excluding hydrogens is 323 g/mol. The van der Waals surface area contributed by atoms with Gasteiger partial charge in [-0.05, 0) is 31.2 Å². The lowest BCUT2D eigenvalue weighted by molar-refractivity contribution is 0.0729. The van der Waals surface area contributed by atoms with Crippen LogP contribution in [0.2, 0.25) is 10.0 Å². The molecule has 3 rings (SSSR count). The molecule has 116 valence electrons. The summed E-state index contributed by atoms with van der Waals surface area (Å²) in [6.07, 6.45) is 0. The average Bonchev–Trinajstić information content (AvgIpc) is 2.92. The molecule has 1 aliphatic heterocycles. The van der Waals surface area contributed by atoms with Gasteiger partial charge in [0, 0.05) is 31.9 Å². The van der Waals surface area contributed by atoms with Crippen molar-refractivity contribution in [3.63, 3.8) is 0 Å². The van der Waals surface area contributed by atoms with Gasteiger partial charge in [0.1, 0.15) is 0 Å². The van der Waals surface area contributed by atoms with Crippen LogP contribution in [0.3, 0.4) is 0 Å². The molecule has 1 saturated heterocycles. The van der Waals surface area contributed by atoms with Gasteiger partial charge in [0.05, 0.1) is 15.7 Å². The number of benzene rings is 1. The Morgan fingerprint density at radius 1 is 1.18 bits per heavy atom. The largest absolute Gasteiger partial charge is 0.335 e. The van der Waals surface area contributed by atoms with Gasteiger partial charge in [0.25, 0.3) is 5.91 Å². The van der Waals surface area contributed by atoms with Gasteiger partial charge < -0.3 is 10.2 Å². The van der Waals surface area contributed by atoms with E-state index in [1.807, 2.05) is 17.9 Å². The number of rotatable bonds is 2. The van der Waals surface area contributed by atoms with E-state index in [0.717, 1.165) is 24.5 Å². The molecule has 22 heavy (non-hydrogen) atoms. The number of hydrogen-bond acceptors (Lipinski definition) is 3. The molecule has 2 aromatic rings. The Hall–Kier alpha value is -1.56. The predicted octanol–water partition coefficient (Wildman–Crippen LogP) is 2.53. The van der Waals surface area contributed by atoms with Gasteiger partial charge in [-0.1, -0.05) is 23.2 Å². The van der Waals surface area contributed by atoms with Crippen molar-refractivity contribution in [1.82, 2.24) is 20.0 Å². The summed E-state index contributed by atoms with van der Waals surface area (Å²) < 4.78 is 1.71. The van der Waals surface area contributed by atoms with Crippen LogP contribution in [0.25, 0.3) is 5.69 Å². The maximum atomic E-state index is 12.5. The van der Waals surface area contributed by atoms with Crippen LogP contribution in [0.15, 0.2) is 24.3 Å². The number of aromatic nitrogens is 2. The van der Waals surface area contributed by atoms with Gasteiger partial charge in [-0.3, -0.25) is 4.79 Å². The summed E-state index contributed by atoms with van der Waals surface area (Å²) in [5.41, 5.74) is 2.11. The molecule has 0 radical (unpaired) electrons. The molecule has 7 heteroatoms. The number of nitrogens with one attached hydrogen (secondary N) is 1. The van der Waals surface area contributed by atoms with E-state index in [4.69, 9.17) is 23.2 Å². The molecule has 1 aromatic heterocycles. The highest BCUT2D eigenvalue weighted by Crippen LogP contribution is 2.25. The molecule has 0 spiro atoms. The highest BCUT2D eigenvalue weighted by molar-refractivity contribution is 6.42. The van der Waals surface area contributed by atoms with Crippen LogP contribution in [-0.4, -0.2) is 46.8 Å². The summed E-state index contributed by atoms with van der Waals surface area (Å²) in [5, 5.41) is 8.61. The Balaban J connectivity index is 1.89. The second-order valence-electron chi connectivity index (χ2n) is 5.22. The van der Waals surface area contributed by atoms with Crippen molar-refractivity contribution in [2.75, 3.05) is 26.2 Å². The van der Waals surface area contributed by atoms with Gasteiger partial charge in [-0.25, -0.2) is 4.68 Å². The molecule has 5 nitrogen and oxygen atoms in total. The lowest BCUT2D eigenvalue weighted by Crippen LogP contribution is -2.46. The van der Waals surface area contributed by atoms with Crippen molar-refractivity contribution in [3.05, 3.63) is 45.7 Å². The second kappa shape index (κ2) is 6.28. The number of amides is 1. The first-order valence-corrected chi connectivity index (χ1v) is 7.84. The molecule has 1 aromatic carbocycles. The standard InChI is InChI=1S/C15H16Cl2N4O/c1-10-8-14(15(22)20-6-4-18-5-7-20)19-21(10)11-2-3-12(16)13(17)9-11/h2-3,8-9,18H,4-7H2,1H3. The SMILES string of the molecule is Cc1cc(C(=O)N2CCNCC2)nn1-c1ccc(Cl)c(Cl)c1. The molecule has 0 saturated carbocycles. The minimum atomic E-state index is -0.0385. The average molecular weight is 339 g/mol. The lowest BCUT2D eigenvalue weighted by atomic mass is 10.3. The van der Waals surface area contributed by atoms with E-state index >= 15 is 0 Å². The normalized spacial score (nSPS) is 15.1. The summed E-state index contributed by atoms with van der Waals surface area (Å²) in [7, 11) is 0. The minimum absolute atomic E-state index is 0.0385. The maximum Gasteiger partial charge on any atom is 0.274 e. The van der Waals surface area contributed by atoms with Crippen LogP contribution in [0.4, 0.5) is 0 Å². The molecule has 1 amide bonds. The van der Waals surface area contributed by atoms with Crippen molar-refractivity contribution >= 4 is 29.1 Å².